The lowest BCUT2D eigenvalue weighted by Gasteiger charge is -2.38. The Morgan fingerprint density at radius 1 is 1.08 bits per heavy atom. The average molecular weight is 529 g/mol. The van der Waals surface area contributed by atoms with Crippen LogP contribution >= 0.6 is 11.6 Å². The van der Waals surface area contributed by atoms with Crippen LogP contribution in [0.3, 0.4) is 0 Å². The first-order valence-corrected chi connectivity index (χ1v) is 13.4. The maximum Gasteiger partial charge on any atom is 0.313 e. The highest BCUT2D eigenvalue weighted by molar-refractivity contribution is 6.34. The van der Waals surface area contributed by atoms with Gasteiger partial charge in [0.05, 0.1) is 16.6 Å². The normalized spacial score (nSPS) is 32.6. The molecule has 1 aromatic carbocycles. The zero-order valence-electron chi connectivity index (χ0n) is 21.2. The fraction of sp³-hybridized carbons (Fsp3) is 0.536. The quantitative estimate of drug-likeness (QED) is 0.332. The highest BCUT2D eigenvalue weighted by Gasteiger charge is 2.75. The Labute approximate surface area is 221 Å². The van der Waals surface area contributed by atoms with Crippen molar-refractivity contribution in [3.8, 4) is 0 Å². The number of ether oxygens (including phenoxy) is 2. The van der Waals surface area contributed by atoms with Crippen LogP contribution in [0.5, 0.6) is 0 Å². The van der Waals surface area contributed by atoms with Gasteiger partial charge in [0.25, 0.3) is 5.91 Å². The number of hydrogen-bond donors (Lipinski definition) is 1. The summed E-state index contributed by atoms with van der Waals surface area (Å²) >= 11 is 6.57. The standard InChI is InChI=1S/C28H33ClN2O6/c1-3-27-12-9-17-36-26(35)21(27)20-24(33)31(14-5-4-6-16-32)23-25(34)30(15-8-13-28(20,23)37-27)22-18(2)10-7-11-19(22)29/h7-13,20-21,23,32H,3-6,14-17H2,1-2H3/t20-,21+,23?,27-,28-/m0/s1. The number of carbonyl (C=O) groups excluding carboxylic acids is 3. The minimum Gasteiger partial charge on any atom is -0.461 e. The van der Waals surface area contributed by atoms with Crippen molar-refractivity contribution in [2.75, 3.05) is 31.2 Å². The number of rotatable bonds is 7. The van der Waals surface area contributed by atoms with Gasteiger partial charge in [0.15, 0.2) is 0 Å². The molecule has 4 aliphatic rings. The molecule has 9 heteroatoms. The second kappa shape index (κ2) is 9.89. The van der Waals surface area contributed by atoms with Crippen LogP contribution in [0.4, 0.5) is 5.69 Å². The number of carbonyl (C=O) groups is 3. The molecule has 2 amide bonds. The van der Waals surface area contributed by atoms with Crippen LogP contribution in [0.15, 0.2) is 42.5 Å². The topological polar surface area (TPSA) is 96.4 Å². The smallest absolute Gasteiger partial charge is 0.313 e. The Balaban J connectivity index is 1.63. The van der Waals surface area contributed by atoms with Gasteiger partial charge in [0, 0.05) is 19.7 Å². The number of anilines is 1. The lowest BCUT2D eigenvalue weighted by molar-refractivity contribution is -0.157. The van der Waals surface area contributed by atoms with E-state index in [1.54, 1.807) is 21.9 Å². The van der Waals surface area contributed by atoms with Crippen LogP contribution in [0, 0.1) is 18.8 Å². The maximum atomic E-state index is 14.4. The number of aryl methyl sites for hydroxylation is 1. The van der Waals surface area contributed by atoms with E-state index in [1.807, 2.05) is 44.2 Å². The molecule has 5 rings (SSSR count). The zero-order valence-corrected chi connectivity index (χ0v) is 21.9. The number of cyclic esters (lactones) is 1. The number of unbranched alkanes of at least 4 members (excludes halogenated alkanes) is 2. The van der Waals surface area contributed by atoms with Gasteiger partial charge in [-0.15, -0.1) is 0 Å². The molecule has 5 atom stereocenters. The third-order valence-corrected chi connectivity index (χ3v) is 8.52. The van der Waals surface area contributed by atoms with Crippen LogP contribution in [-0.2, 0) is 23.9 Å². The van der Waals surface area contributed by atoms with E-state index in [4.69, 9.17) is 21.1 Å². The number of hydrogen-bond acceptors (Lipinski definition) is 6. The molecule has 0 aliphatic carbocycles. The van der Waals surface area contributed by atoms with E-state index in [1.165, 1.54) is 0 Å². The van der Waals surface area contributed by atoms with E-state index in [2.05, 4.69) is 0 Å². The van der Waals surface area contributed by atoms with Crippen molar-refractivity contribution in [3.05, 3.63) is 53.1 Å². The van der Waals surface area contributed by atoms with Gasteiger partial charge in [-0.3, -0.25) is 14.4 Å². The molecule has 0 radical (unpaired) electrons. The number of aliphatic hydroxyl groups is 1. The fourth-order valence-corrected chi connectivity index (χ4v) is 6.90. The summed E-state index contributed by atoms with van der Waals surface area (Å²) in [5.41, 5.74) is -0.926. The van der Waals surface area contributed by atoms with E-state index < -0.39 is 35.0 Å². The largest absolute Gasteiger partial charge is 0.461 e. The first-order chi connectivity index (χ1) is 17.8. The van der Waals surface area contributed by atoms with Gasteiger partial charge in [-0.25, -0.2) is 0 Å². The summed E-state index contributed by atoms with van der Waals surface area (Å²) in [5, 5.41) is 9.67. The highest BCUT2D eigenvalue weighted by Crippen LogP contribution is 2.58. The first-order valence-electron chi connectivity index (χ1n) is 13.0. The molecular formula is C28H33ClN2O6. The van der Waals surface area contributed by atoms with Crippen molar-refractivity contribution in [1.29, 1.82) is 0 Å². The number of nitrogens with zero attached hydrogens (tertiary/aromatic N) is 2. The number of para-hydroxylation sites is 1. The Morgan fingerprint density at radius 2 is 1.89 bits per heavy atom. The molecule has 1 spiro atoms. The first kappa shape index (κ1) is 25.9. The van der Waals surface area contributed by atoms with Crippen molar-refractivity contribution in [3.63, 3.8) is 0 Å². The van der Waals surface area contributed by atoms with Crippen molar-refractivity contribution in [1.82, 2.24) is 4.90 Å². The molecule has 0 bridgehead atoms. The van der Waals surface area contributed by atoms with Gasteiger partial charge in [-0.1, -0.05) is 48.9 Å². The number of halogens is 1. The number of aliphatic hydroxyl groups excluding tert-OH is 1. The number of amides is 2. The van der Waals surface area contributed by atoms with E-state index >= 15 is 0 Å². The van der Waals surface area contributed by atoms with E-state index in [-0.39, 0.29) is 31.6 Å². The number of benzene rings is 1. The molecule has 2 fully saturated rings. The third-order valence-electron chi connectivity index (χ3n) is 8.21. The van der Waals surface area contributed by atoms with Crippen molar-refractivity contribution >= 4 is 35.1 Å². The SMILES string of the molecule is CC[C@]12C=CCOC(=O)[C@H]1[C@H]1C(=O)N(CCCCCO)C3C(=O)N(c4c(C)cccc4Cl)CC=C[C@@]31O2. The second-order valence-corrected chi connectivity index (χ2v) is 10.6. The second-order valence-electron chi connectivity index (χ2n) is 10.2. The van der Waals surface area contributed by atoms with Gasteiger partial charge in [-0.2, -0.15) is 0 Å². The molecule has 0 saturated carbocycles. The summed E-state index contributed by atoms with van der Waals surface area (Å²) in [5.74, 6) is -2.80. The van der Waals surface area contributed by atoms with Crippen LogP contribution in [-0.4, -0.2) is 71.3 Å². The summed E-state index contributed by atoms with van der Waals surface area (Å²) in [7, 11) is 0. The van der Waals surface area contributed by atoms with Gasteiger partial charge in [0.1, 0.15) is 29.8 Å². The minimum absolute atomic E-state index is 0.0630. The molecule has 198 valence electrons. The van der Waals surface area contributed by atoms with E-state index in [0.717, 1.165) is 5.56 Å². The van der Waals surface area contributed by atoms with Gasteiger partial charge < -0.3 is 24.4 Å². The third kappa shape index (κ3) is 3.92. The number of fused-ring (bicyclic) bond motifs is 2. The molecular weight excluding hydrogens is 496 g/mol. The van der Waals surface area contributed by atoms with Crippen LogP contribution in [0.2, 0.25) is 5.02 Å². The molecule has 4 aliphatic heterocycles. The summed E-state index contributed by atoms with van der Waals surface area (Å²) in [4.78, 5) is 45.1. The molecule has 1 N–H and O–H groups in total. The molecule has 1 aromatic rings. The maximum absolute atomic E-state index is 14.4. The molecule has 2 saturated heterocycles. The van der Waals surface area contributed by atoms with Crippen molar-refractivity contribution in [2.24, 2.45) is 11.8 Å². The lowest BCUT2D eigenvalue weighted by Crippen LogP contribution is -2.56. The molecule has 8 nitrogen and oxygen atoms in total. The average Bonchev–Trinajstić information content (AvgIpc) is 3.15. The van der Waals surface area contributed by atoms with E-state index in [0.29, 0.717) is 42.9 Å². The Bertz CT molecular complexity index is 1150. The molecule has 4 heterocycles. The lowest BCUT2D eigenvalue weighted by atomic mass is 9.73. The van der Waals surface area contributed by atoms with Gasteiger partial charge in [-0.05, 0) is 50.3 Å². The van der Waals surface area contributed by atoms with E-state index in [9.17, 15) is 19.5 Å². The Kier molecular flexibility index (Phi) is 6.94. The predicted octanol–water partition coefficient (Wildman–Crippen LogP) is 3.19. The van der Waals surface area contributed by atoms with Crippen molar-refractivity contribution in [2.45, 2.75) is 56.8 Å². The summed E-state index contributed by atoms with van der Waals surface area (Å²) in [6, 6.07) is 4.50. The summed E-state index contributed by atoms with van der Waals surface area (Å²) < 4.78 is 12.3. The summed E-state index contributed by atoms with van der Waals surface area (Å²) in [6.07, 6.45) is 9.64. The Hall–Kier alpha value is -2.68. The monoisotopic (exact) mass is 528 g/mol. The zero-order chi connectivity index (χ0) is 26.4. The highest BCUT2D eigenvalue weighted by atomic mass is 35.5. The number of esters is 1. The van der Waals surface area contributed by atoms with Gasteiger partial charge >= 0.3 is 5.97 Å². The fourth-order valence-electron chi connectivity index (χ4n) is 6.57. The molecule has 37 heavy (non-hydrogen) atoms. The predicted molar refractivity (Wildman–Crippen MR) is 138 cm³/mol. The van der Waals surface area contributed by atoms with Gasteiger partial charge in [0.2, 0.25) is 5.91 Å². The van der Waals surface area contributed by atoms with Crippen LogP contribution < -0.4 is 4.90 Å². The molecule has 1 unspecified atom stereocenters. The number of likely N-dealkylation sites (tertiary alicyclic amines) is 1. The minimum atomic E-state index is -1.32. The van der Waals surface area contributed by atoms with Crippen molar-refractivity contribution < 1.29 is 29.0 Å². The van der Waals surface area contributed by atoms with Crippen LogP contribution in [0.25, 0.3) is 0 Å². The van der Waals surface area contributed by atoms with Crippen LogP contribution in [0.1, 0.15) is 38.2 Å². The Morgan fingerprint density at radius 3 is 2.62 bits per heavy atom. The summed E-state index contributed by atoms with van der Waals surface area (Å²) in [6.45, 7) is 4.57. The molecule has 0 aromatic heterocycles.